The van der Waals surface area contributed by atoms with E-state index in [0.29, 0.717) is 38.5 Å². The van der Waals surface area contributed by atoms with Crippen LogP contribution in [0.1, 0.15) is 31.8 Å². The number of amides is 1. The van der Waals surface area contributed by atoms with Crippen molar-refractivity contribution in [1.82, 2.24) is 4.57 Å². The monoisotopic (exact) mass is 421 g/mol. The first-order valence-electron chi connectivity index (χ1n) is 10.1. The fraction of sp³-hybridized carbons (Fsp3) is 0.0370. The normalized spacial score (nSPS) is 11.2. The Balaban J connectivity index is 1.74. The van der Waals surface area contributed by atoms with Crippen LogP contribution in [0.25, 0.3) is 21.8 Å². The summed E-state index contributed by atoms with van der Waals surface area (Å²) in [5, 5.41) is 1.04. The molecule has 0 fully saturated rings. The van der Waals surface area contributed by atoms with E-state index in [1.54, 1.807) is 34.9 Å². The average molecular weight is 421 g/mol. The molecule has 0 aliphatic carbocycles. The highest BCUT2D eigenvalue weighted by Crippen LogP contribution is 2.33. The zero-order chi connectivity index (χ0) is 22.2. The van der Waals surface area contributed by atoms with E-state index >= 15 is 4.39 Å². The lowest BCUT2D eigenvalue weighted by Crippen LogP contribution is -2.11. The van der Waals surface area contributed by atoms with Gasteiger partial charge in [0.15, 0.2) is 5.78 Å². The van der Waals surface area contributed by atoms with Crippen molar-refractivity contribution in [3.63, 3.8) is 0 Å². The number of hydrogen-bond acceptors (Lipinski definition) is 2. The zero-order valence-electron chi connectivity index (χ0n) is 17.0. The minimum absolute atomic E-state index is 0.105. The zero-order valence-corrected chi connectivity index (χ0v) is 17.0. The Morgan fingerprint density at radius 2 is 1.59 bits per heavy atom. The molecule has 1 amide bonds. The first-order valence-corrected chi connectivity index (χ1v) is 10.1. The van der Waals surface area contributed by atoms with Gasteiger partial charge in [0.2, 0.25) is 5.91 Å². The predicted molar refractivity (Wildman–Crippen MR) is 122 cm³/mol. The molecule has 5 aromatic rings. The van der Waals surface area contributed by atoms with Crippen LogP contribution in [0.2, 0.25) is 0 Å². The fourth-order valence-corrected chi connectivity index (χ4v) is 4.23. The second-order valence-electron chi connectivity index (χ2n) is 7.55. The van der Waals surface area contributed by atoms with Gasteiger partial charge < -0.3 is 10.3 Å². The van der Waals surface area contributed by atoms with Crippen molar-refractivity contribution in [2.75, 3.05) is 0 Å². The molecule has 0 aliphatic rings. The van der Waals surface area contributed by atoms with Crippen molar-refractivity contribution in [3.8, 4) is 0 Å². The summed E-state index contributed by atoms with van der Waals surface area (Å²) in [6.45, 7) is 0.242. The van der Waals surface area contributed by atoms with Crippen molar-refractivity contribution in [2.24, 2.45) is 5.73 Å². The number of halogens is 1. The molecule has 0 spiro atoms. The van der Waals surface area contributed by atoms with Gasteiger partial charge in [0.1, 0.15) is 5.82 Å². The third-order valence-corrected chi connectivity index (χ3v) is 5.67. The van der Waals surface area contributed by atoms with E-state index in [4.69, 9.17) is 5.73 Å². The number of fused-ring (bicyclic) bond motifs is 3. The van der Waals surface area contributed by atoms with Gasteiger partial charge in [0.05, 0.1) is 11.0 Å². The highest BCUT2D eigenvalue weighted by Gasteiger charge is 2.20. The number of rotatable bonds is 5. The summed E-state index contributed by atoms with van der Waals surface area (Å²) < 4.78 is 16.8. The summed E-state index contributed by atoms with van der Waals surface area (Å²) >= 11 is 0. The lowest BCUT2D eigenvalue weighted by Gasteiger charge is -2.12. The van der Waals surface area contributed by atoms with Crippen LogP contribution in [-0.4, -0.2) is 16.3 Å². The third kappa shape index (κ3) is 3.15. The number of aromatic nitrogens is 1. The number of carbonyl (C=O) groups is 2. The van der Waals surface area contributed by atoms with Crippen LogP contribution in [0, 0.1) is 11.9 Å². The van der Waals surface area contributed by atoms with E-state index in [0.717, 1.165) is 5.56 Å². The van der Waals surface area contributed by atoms with Gasteiger partial charge in [-0.3, -0.25) is 9.59 Å². The first-order chi connectivity index (χ1) is 15.6. The Labute approximate surface area is 183 Å². The molecule has 0 atom stereocenters. The van der Waals surface area contributed by atoms with Crippen molar-refractivity contribution in [3.05, 3.63) is 119 Å². The number of carbonyl (C=O) groups excluding carboxylic acids is 2. The summed E-state index contributed by atoms with van der Waals surface area (Å²) in [7, 11) is 0. The number of benzene rings is 4. The molecule has 0 aliphatic heterocycles. The molecule has 5 heteroatoms. The van der Waals surface area contributed by atoms with E-state index in [9.17, 15) is 9.59 Å². The number of primary amides is 1. The summed E-state index contributed by atoms with van der Waals surface area (Å²) in [5.41, 5.74) is 8.74. The van der Waals surface area contributed by atoms with Gasteiger partial charge in [-0.15, -0.1) is 0 Å². The molecule has 5 rings (SSSR count). The lowest BCUT2D eigenvalue weighted by atomic mass is 9.98. The maximum atomic E-state index is 15.0. The van der Waals surface area contributed by atoms with Gasteiger partial charge in [0.25, 0.3) is 0 Å². The van der Waals surface area contributed by atoms with Crippen molar-refractivity contribution in [2.45, 2.75) is 6.54 Å². The van der Waals surface area contributed by atoms with Crippen LogP contribution in [0.3, 0.4) is 0 Å². The highest BCUT2D eigenvalue weighted by atomic mass is 19.1. The Hall–Kier alpha value is -4.25. The molecule has 155 valence electrons. The average Bonchev–Trinajstić information content (AvgIpc) is 3.14. The van der Waals surface area contributed by atoms with E-state index < -0.39 is 11.7 Å². The molecule has 0 unspecified atom stereocenters. The van der Waals surface area contributed by atoms with Crippen molar-refractivity contribution >= 4 is 33.5 Å². The van der Waals surface area contributed by atoms with Gasteiger partial charge >= 0.3 is 0 Å². The molecule has 4 nitrogen and oxygen atoms in total. The Morgan fingerprint density at radius 1 is 0.875 bits per heavy atom. The van der Waals surface area contributed by atoms with Crippen LogP contribution in [0.4, 0.5) is 4.39 Å². The van der Waals surface area contributed by atoms with Crippen LogP contribution < -0.4 is 5.73 Å². The molecular weight excluding hydrogens is 403 g/mol. The van der Waals surface area contributed by atoms with Crippen molar-refractivity contribution in [1.29, 1.82) is 0 Å². The molecule has 0 saturated carbocycles. The van der Waals surface area contributed by atoms with Gasteiger partial charge in [-0.1, -0.05) is 66.7 Å². The van der Waals surface area contributed by atoms with Crippen LogP contribution in [0.15, 0.2) is 84.9 Å². The summed E-state index contributed by atoms with van der Waals surface area (Å²) in [4.78, 5) is 25.3. The predicted octanol–water partition coefficient (Wildman–Crippen LogP) is 5.11. The SMILES string of the molecule is NC(=O)c1cccc2c1c1[c]ccc(F)c1n2Cc1ccccc1C(=O)c1ccccc1. The first kappa shape index (κ1) is 19.7. The Morgan fingerprint density at radius 3 is 2.38 bits per heavy atom. The molecular formula is C27H18FN2O2. The van der Waals surface area contributed by atoms with Crippen LogP contribution >= 0.6 is 0 Å². The minimum atomic E-state index is -0.591. The van der Waals surface area contributed by atoms with E-state index in [-0.39, 0.29) is 12.3 Å². The highest BCUT2D eigenvalue weighted by molar-refractivity contribution is 6.18. The van der Waals surface area contributed by atoms with E-state index in [1.165, 1.54) is 12.1 Å². The second kappa shape index (κ2) is 7.78. The summed E-state index contributed by atoms with van der Waals surface area (Å²) in [6.07, 6.45) is 0. The standard InChI is InChI=1S/C27H18FN2O2/c28-22-14-6-12-20-24-21(27(29)32)13-7-15-23(24)30(25(20)22)16-18-10-4-5-11-19(18)26(31)17-8-2-1-3-9-17/h1-11,13-15H,16H2,(H2,29,32). The molecule has 0 saturated heterocycles. The van der Waals surface area contributed by atoms with Gasteiger partial charge in [-0.25, -0.2) is 4.39 Å². The molecule has 1 radical (unpaired) electrons. The van der Waals surface area contributed by atoms with Gasteiger partial charge in [-0.05, 0) is 29.8 Å². The fourth-order valence-electron chi connectivity index (χ4n) is 4.23. The Bertz CT molecular complexity index is 1500. The maximum Gasteiger partial charge on any atom is 0.249 e. The summed E-state index contributed by atoms with van der Waals surface area (Å²) in [5.74, 6) is -1.13. The molecule has 1 heterocycles. The Kier molecular flexibility index (Phi) is 4.79. The van der Waals surface area contributed by atoms with Gasteiger partial charge in [0, 0.05) is 34.0 Å². The second-order valence-corrected chi connectivity index (χ2v) is 7.55. The number of nitrogens with two attached hydrogens (primary N) is 1. The topological polar surface area (TPSA) is 65.1 Å². The van der Waals surface area contributed by atoms with E-state index in [2.05, 4.69) is 6.07 Å². The molecule has 32 heavy (non-hydrogen) atoms. The van der Waals surface area contributed by atoms with Crippen molar-refractivity contribution < 1.29 is 14.0 Å². The quantitative estimate of drug-likeness (QED) is 0.401. The largest absolute Gasteiger partial charge is 0.366 e. The summed E-state index contributed by atoms with van der Waals surface area (Å²) in [6, 6.07) is 27.4. The minimum Gasteiger partial charge on any atom is -0.366 e. The molecule has 2 N–H and O–H groups in total. The lowest BCUT2D eigenvalue weighted by molar-refractivity contribution is 0.1000. The van der Waals surface area contributed by atoms with Gasteiger partial charge in [-0.2, -0.15) is 0 Å². The smallest absolute Gasteiger partial charge is 0.249 e. The molecule has 1 aromatic heterocycles. The van der Waals surface area contributed by atoms with Crippen LogP contribution in [-0.2, 0) is 6.54 Å². The third-order valence-electron chi connectivity index (χ3n) is 5.67. The van der Waals surface area contributed by atoms with Crippen LogP contribution in [0.5, 0.6) is 0 Å². The molecule has 0 bridgehead atoms. The molecule has 4 aromatic carbocycles. The number of nitrogens with zero attached hydrogens (tertiary/aromatic N) is 1. The van der Waals surface area contributed by atoms with E-state index in [1.807, 2.05) is 42.5 Å². The number of ketones is 1. The maximum absolute atomic E-state index is 15.0. The number of hydrogen-bond donors (Lipinski definition) is 1.